The fraction of sp³-hybridized carbons (Fsp3) is 0.222. The number of nitriles is 1. The Kier molecular flexibility index (Phi) is 1.52. The van der Waals surface area contributed by atoms with Crippen LogP contribution in [0.25, 0.3) is 5.65 Å². The lowest BCUT2D eigenvalue weighted by Crippen LogP contribution is -1.91. The predicted octanol–water partition coefficient (Wildman–Crippen LogP) is 1.22. The van der Waals surface area contributed by atoms with E-state index in [1.807, 2.05) is 30.5 Å². The molecule has 0 fully saturated rings. The molecule has 0 saturated heterocycles. The third kappa shape index (κ3) is 1.05. The Balaban J connectivity index is 2.90. The summed E-state index contributed by atoms with van der Waals surface area (Å²) < 4.78 is 1.83. The minimum Gasteiger partial charge on any atom is -0.287 e. The summed E-state index contributed by atoms with van der Waals surface area (Å²) in [5.41, 5.74) is 2.07. The van der Waals surface area contributed by atoms with Crippen molar-refractivity contribution in [3.8, 4) is 6.07 Å². The SMILES string of the molecule is Cc1cnc2c(C#N)nc(C)n2c1. The second-order valence-corrected chi connectivity index (χ2v) is 2.94. The van der Waals surface area contributed by atoms with E-state index in [2.05, 4.69) is 9.97 Å². The Morgan fingerprint density at radius 1 is 1.46 bits per heavy atom. The number of fused-ring (bicyclic) bond motifs is 1. The van der Waals surface area contributed by atoms with Gasteiger partial charge in [-0.2, -0.15) is 5.26 Å². The molecule has 0 atom stereocenters. The minimum atomic E-state index is 0.387. The van der Waals surface area contributed by atoms with E-state index >= 15 is 0 Å². The highest BCUT2D eigenvalue weighted by Gasteiger charge is 2.07. The topological polar surface area (TPSA) is 54.0 Å². The lowest BCUT2D eigenvalue weighted by atomic mass is 10.4. The zero-order valence-electron chi connectivity index (χ0n) is 7.44. The molecule has 4 heteroatoms. The highest BCUT2D eigenvalue weighted by molar-refractivity contribution is 5.52. The molecule has 0 aromatic carbocycles. The van der Waals surface area contributed by atoms with Gasteiger partial charge in [-0.25, -0.2) is 9.97 Å². The third-order valence-electron chi connectivity index (χ3n) is 1.89. The Hall–Kier alpha value is -1.89. The van der Waals surface area contributed by atoms with Gasteiger partial charge in [0.1, 0.15) is 11.9 Å². The molecule has 0 unspecified atom stereocenters. The average molecular weight is 172 g/mol. The molecular formula is C9H8N4. The van der Waals surface area contributed by atoms with Crippen LogP contribution in [0.15, 0.2) is 12.4 Å². The first-order valence-electron chi connectivity index (χ1n) is 3.94. The third-order valence-corrected chi connectivity index (χ3v) is 1.89. The number of rotatable bonds is 0. The summed E-state index contributed by atoms with van der Waals surface area (Å²) in [6, 6.07) is 2.02. The van der Waals surface area contributed by atoms with Gasteiger partial charge in [0.05, 0.1) is 0 Å². The van der Waals surface area contributed by atoms with Gasteiger partial charge >= 0.3 is 0 Å². The molecule has 2 aromatic heterocycles. The molecule has 4 nitrogen and oxygen atoms in total. The molecule has 0 amide bonds. The fourth-order valence-corrected chi connectivity index (χ4v) is 1.29. The van der Waals surface area contributed by atoms with Crippen LogP contribution in [0.1, 0.15) is 17.1 Å². The molecule has 2 rings (SSSR count). The maximum Gasteiger partial charge on any atom is 0.185 e. The highest BCUT2D eigenvalue weighted by Crippen LogP contribution is 2.09. The molecule has 0 spiro atoms. The summed E-state index contributed by atoms with van der Waals surface area (Å²) in [4.78, 5) is 8.24. The maximum atomic E-state index is 8.75. The second-order valence-electron chi connectivity index (χ2n) is 2.94. The molecule has 0 bridgehead atoms. The normalized spacial score (nSPS) is 10.2. The van der Waals surface area contributed by atoms with E-state index in [9.17, 15) is 0 Å². The van der Waals surface area contributed by atoms with Crippen LogP contribution in [0.4, 0.5) is 0 Å². The number of nitrogens with zero attached hydrogens (tertiary/aromatic N) is 4. The van der Waals surface area contributed by atoms with E-state index in [1.54, 1.807) is 6.20 Å². The van der Waals surface area contributed by atoms with Gasteiger partial charge in [0.2, 0.25) is 0 Å². The average Bonchev–Trinajstić information content (AvgIpc) is 2.43. The number of hydrogen-bond donors (Lipinski definition) is 0. The number of aromatic nitrogens is 3. The first-order chi connectivity index (χ1) is 6.22. The molecule has 64 valence electrons. The molecule has 0 saturated carbocycles. The van der Waals surface area contributed by atoms with Gasteiger partial charge in [-0.3, -0.25) is 4.40 Å². The van der Waals surface area contributed by atoms with Gasteiger partial charge in [-0.1, -0.05) is 0 Å². The summed E-state index contributed by atoms with van der Waals surface area (Å²) >= 11 is 0. The fourth-order valence-electron chi connectivity index (χ4n) is 1.29. The van der Waals surface area contributed by atoms with Crippen molar-refractivity contribution >= 4 is 5.65 Å². The molecular weight excluding hydrogens is 164 g/mol. The van der Waals surface area contributed by atoms with Gasteiger partial charge in [0, 0.05) is 12.4 Å². The van der Waals surface area contributed by atoms with Crippen molar-refractivity contribution in [2.45, 2.75) is 13.8 Å². The Morgan fingerprint density at radius 3 is 2.92 bits per heavy atom. The predicted molar refractivity (Wildman–Crippen MR) is 47.2 cm³/mol. The van der Waals surface area contributed by atoms with Gasteiger partial charge in [0.25, 0.3) is 0 Å². The monoisotopic (exact) mass is 172 g/mol. The summed E-state index contributed by atoms with van der Waals surface area (Å²) in [5.74, 6) is 0.794. The lowest BCUT2D eigenvalue weighted by molar-refractivity contribution is 1.01. The molecule has 0 N–H and O–H groups in total. The molecule has 2 heterocycles. The lowest BCUT2D eigenvalue weighted by Gasteiger charge is -1.95. The smallest absolute Gasteiger partial charge is 0.185 e. The summed E-state index contributed by atoms with van der Waals surface area (Å²) in [5, 5.41) is 8.75. The van der Waals surface area contributed by atoms with Crippen LogP contribution < -0.4 is 0 Å². The molecule has 0 aliphatic carbocycles. The Morgan fingerprint density at radius 2 is 2.23 bits per heavy atom. The van der Waals surface area contributed by atoms with Crippen molar-refractivity contribution in [2.75, 3.05) is 0 Å². The van der Waals surface area contributed by atoms with Gasteiger partial charge in [0.15, 0.2) is 11.3 Å². The van der Waals surface area contributed by atoms with E-state index in [0.29, 0.717) is 11.3 Å². The molecule has 0 radical (unpaired) electrons. The van der Waals surface area contributed by atoms with E-state index < -0.39 is 0 Å². The van der Waals surface area contributed by atoms with E-state index in [0.717, 1.165) is 11.4 Å². The van der Waals surface area contributed by atoms with Crippen molar-refractivity contribution in [3.05, 3.63) is 29.5 Å². The first kappa shape index (κ1) is 7.74. The minimum absolute atomic E-state index is 0.387. The van der Waals surface area contributed by atoms with Gasteiger partial charge < -0.3 is 0 Å². The first-order valence-corrected chi connectivity index (χ1v) is 3.94. The molecule has 0 aliphatic rings. The zero-order chi connectivity index (χ0) is 9.42. The van der Waals surface area contributed by atoms with Crippen LogP contribution >= 0.6 is 0 Å². The number of hydrogen-bond acceptors (Lipinski definition) is 3. The summed E-state index contributed by atoms with van der Waals surface area (Å²) in [7, 11) is 0. The van der Waals surface area contributed by atoms with Crippen molar-refractivity contribution in [3.63, 3.8) is 0 Å². The van der Waals surface area contributed by atoms with E-state index in [-0.39, 0.29) is 0 Å². The number of imidazole rings is 1. The van der Waals surface area contributed by atoms with Crippen molar-refractivity contribution in [1.82, 2.24) is 14.4 Å². The van der Waals surface area contributed by atoms with Crippen molar-refractivity contribution < 1.29 is 0 Å². The summed E-state index contributed by atoms with van der Waals surface area (Å²) in [6.45, 7) is 3.81. The van der Waals surface area contributed by atoms with Gasteiger partial charge in [-0.15, -0.1) is 0 Å². The number of aryl methyl sites for hydroxylation is 2. The quantitative estimate of drug-likeness (QED) is 0.600. The van der Waals surface area contributed by atoms with Gasteiger partial charge in [-0.05, 0) is 19.4 Å². The molecule has 2 aromatic rings. The van der Waals surface area contributed by atoms with Crippen molar-refractivity contribution in [2.24, 2.45) is 0 Å². The van der Waals surface area contributed by atoms with Crippen LogP contribution in [0, 0.1) is 25.2 Å². The highest BCUT2D eigenvalue weighted by atomic mass is 15.1. The second kappa shape index (κ2) is 2.56. The van der Waals surface area contributed by atoms with Crippen LogP contribution in [0.3, 0.4) is 0 Å². The largest absolute Gasteiger partial charge is 0.287 e. The molecule has 13 heavy (non-hydrogen) atoms. The molecule has 0 aliphatic heterocycles. The van der Waals surface area contributed by atoms with E-state index in [1.165, 1.54) is 0 Å². The van der Waals surface area contributed by atoms with Crippen LogP contribution in [-0.4, -0.2) is 14.4 Å². The van der Waals surface area contributed by atoms with E-state index in [4.69, 9.17) is 5.26 Å². The summed E-state index contributed by atoms with van der Waals surface area (Å²) in [6.07, 6.45) is 3.66. The van der Waals surface area contributed by atoms with Crippen LogP contribution in [-0.2, 0) is 0 Å². The van der Waals surface area contributed by atoms with Crippen LogP contribution in [0.2, 0.25) is 0 Å². The standard InChI is InChI=1S/C9H8N4/c1-6-4-11-9-8(3-10)12-7(2)13(9)5-6/h4-5H,1-2H3. The van der Waals surface area contributed by atoms with Crippen molar-refractivity contribution in [1.29, 1.82) is 5.26 Å². The maximum absolute atomic E-state index is 8.75. The zero-order valence-corrected chi connectivity index (χ0v) is 7.44. The van der Waals surface area contributed by atoms with Crippen LogP contribution in [0.5, 0.6) is 0 Å². The Bertz CT molecular complexity index is 504. The Labute approximate surface area is 75.5 Å².